The van der Waals surface area contributed by atoms with Crippen LogP contribution in [0.3, 0.4) is 0 Å². The molecule has 0 spiro atoms. The second kappa shape index (κ2) is 7.48. The van der Waals surface area contributed by atoms with Crippen molar-refractivity contribution in [1.29, 1.82) is 0 Å². The Kier molecular flexibility index (Phi) is 7.51. The van der Waals surface area contributed by atoms with Crippen molar-refractivity contribution in [2.75, 3.05) is 32.1 Å². The predicted octanol–water partition coefficient (Wildman–Crippen LogP) is 2.73. The first-order valence-electron chi connectivity index (χ1n) is 5.72. The molecule has 0 aliphatic heterocycles. The summed E-state index contributed by atoms with van der Waals surface area (Å²) in [7, 11) is 1.93. The quantitative estimate of drug-likeness (QED) is 0.736. The van der Waals surface area contributed by atoms with Gasteiger partial charge in [-0.15, -0.1) is 0 Å². The van der Waals surface area contributed by atoms with Gasteiger partial charge < -0.3 is 5.73 Å². The zero-order valence-corrected chi connectivity index (χ0v) is 11.6. The third kappa shape index (κ3) is 7.16. The predicted molar refractivity (Wildman–Crippen MR) is 68.4 cm³/mol. The van der Waals surface area contributed by atoms with Gasteiger partial charge in [0.25, 0.3) is 0 Å². The van der Waals surface area contributed by atoms with Gasteiger partial charge in [0.15, 0.2) is 0 Å². The van der Waals surface area contributed by atoms with Gasteiger partial charge in [-0.3, -0.25) is 4.90 Å². The molecule has 0 fully saturated rings. The molecule has 104 valence electrons. The number of nitrogens with zero attached hydrogens (tertiary/aromatic N) is 1. The van der Waals surface area contributed by atoms with E-state index in [4.69, 9.17) is 5.73 Å². The highest BCUT2D eigenvalue weighted by molar-refractivity contribution is 7.98. The average molecular weight is 272 g/mol. The highest BCUT2D eigenvalue weighted by atomic mass is 32.2. The van der Waals surface area contributed by atoms with Crippen molar-refractivity contribution in [2.24, 2.45) is 5.73 Å². The molecule has 1 unspecified atom stereocenters. The van der Waals surface area contributed by atoms with Gasteiger partial charge in [-0.25, -0.2) is 0 Å². The molecule has 0 rings (SSSR count). The van der Waals surface area contributed by atoms with Gasteiger partial charge in [-0.1, -0.05) is 0 Å². The van der Waals surface area contributed by atoms with Crippen molar-refractivity contribution in [3.63, 3.8) is 0 Å². The minimum absolute atomic E-state index is 0.140. The van der Waals surface area contributed by atoms with Crippen molar-refractivity contribution in [3.05, 3.63) is 0 Å². The summed E-state index contributed by atoms with van der Waals surface area (Å²) >= 11 is 1.72. The topological polar surface area (TPSA) is 29.3 Å². The van der Waals surface area contributed by atoms with Gasteiger partial charge in [-0.2, -0.15) is 24.9 Å². The normalized spacial score (nSPS) is 16.2. The summed E-state index contributed by atoms with van der Waals surface area (Å²) in [5, 5.41) is 0. The van der Waals surface area contributed by atoms with Gasteiger partial charge in [0.1, 0.15) is 0 Å². The van der Waals surface area contributed by atoms with E-state index in [9.17, 15) is 13.2 Å². The molecule has 1 atom stereocenters. The van der Waals surface area contributed by atoms with Crippen LogP contribution in [0.25, 0.3) is 0 Å². The summed E-state index contributed by atoms with van der Waals surface area (Å²) in [4.78, 5) is 2.07. The summed E-state index contributed by atoms with van der Waals surface area (Å²) in [5.74, 6) is 0.964. The fraction of sp³-hybridized carbons (Fsp3) is 1.00. The van der Waals surface area contributed by atoms with Crippen LogP contribution in [0.2, 0.25) is 0 Å². The van der Waals surface area contributed by atoms with E-state index in [0.29, 0.717) is 13.0 Å². The fourth-order valence-corrected chi connectivity index (χ4v) is 2.07. The first kappa shape index (κ1) is 17.1. The van der Waals surface area contributed by atoms with E-state index < -0.39 is 12.6 Å². The molecule has 0 aromatic rings. The molecule has 0 aliphatic carbocycles. The van der Waals surface area contributed by atoms with E-state index in [1.165, 1.54) is 0 Å². The molecular weight excluding hydrogens is 249 g/mol. The summed E-state index contributed by atoms with van der Waals surface area (Å²) in [6.45, 7) is 3.17. The number of hydrogen-bond acceptors (Lipinski definition) is 3. The Labute approximate surface area is 106 Å². The third-order valence-corrected chi connectivity index (χ3v) is 3.76. The van der Waals surface area contributed by atoms with Crippen molar-refractivity contribution in [2.45, 2.75) is 37.9 Å². The number of alkyl halides is 3. The molecule has 0 aliphatic rings. The lowest BCUT2D eigenvalue weighted by Crippen LogP contribution is -2.50. The van der Waals surface area contributed by atoms with Crippen molar-refractivity contribution >= 4 is 11.8 Å². The summed E-state index contributed by atoms with van der Waals surface area (Å²) in [5.41, 5.74) is 5.37. The maximum Gasteiger partial charge on any atom is 0.389 e. The number of rotatable bonds is 8. The van der Waals surface area contributed by atoms with Gasteiger partial charge >= 0.3 is 6.18 Å². The van der Waals surface area contributed by atoms with Crippen LogP contribution in [0, 0.1) is 0 Å². The van der Waals surface area contributed by atoms with Gasteiger partial charge in [0.05, 0.1) is 0 Å². The average Bonchev–Trinajstić information content (AvgIpc) is 2.23. The minimum Gasteiger partial charge on any atom is -0.329 e. The van der Waals surface area contributed by atoms with Crippen LogP contribution in [-0.2, 0) is 0 Å². The van der Waals surface area contributed by atoms with E-state index in [-0.39, 0.29) is 12.0 Å². The number of hydrogen-bond donors (Lipinski definition) is 1. The van der Waals surface area contributed by atoms with E-state index in [1.54, 1.807) is 11.8 Å². The standard InChI is InChI=1S/C11H23F3N2S/c1-10(9-15,16(2)7-8-17-3)5-4-6-11(12,13)14/h4-9,15H2,1-3H3. The van der Waals surface area contributed by atoms with Crippen molar-refractivity contribution in [1.82, 2.24) is 4.90 Å². The van der Waals surface area contributed by atoms with Crippen molar-refractivity contribution in [3.8, 4) is 0 Å². The molecule has 6 heteroatoms. The van der Waals surface area contributed by atoms with Gasteiger partial charge in [0, 0.05) is 30.8 Å². The molecule has 0 saturated heterocycles. The molecule has 17 heavy (non-hydrogen) atoms. The maximum absolute atomic E-state index is 12.1. The molecule has 0 heterocycles. The Morgan fingerprint density at radius 3 is 2.24 bits per heavy atom. The Bertz CT molecular complexity index is 211. The lowest BCUT2D eigenvalue weighted by Gasteiger charge is -2.38. The van der Waals surface area contributed by atoms with E-state index in [0.717, 1.165) is 12.3 Å². The van der Waals surface area contributed by atoms with Crippen LogP contribution in [0.5, 0.6) is 0 Å². The molecule has 0 radical (unpaired) electrons. The largest absolute Gasteiger partial charge is 0.389 e. The second-order valence-electron chi connectivity index (χ2n) is 4.58. The molecule has 0 amide bonds. The summed E-state index contributed by atoms with van der Waals surface area (Å²) < 4.78 is 36.3. The zero-order valence-electron chi connectivity index (χ0n) is 10.8. The Morgan fingerprint density at radius 1 is 1.24 bits per heavy atom. The van der Waals surface area contributed by atoms with Crippen LogP contribution in [0.4, 0.5) is 13.2 Å². The molecule has 0 aromatic carbocycles. The lowest BCUT2D eigenvalue weighted by molar-refractivity contribution is -0.136. The highest BCUT2D eigenvalue weighted by Crippen LogP contribution is 2.26. The molecule has 0 bridgehead atoms. The number of halogens is 3. The zero-order chi connectivity index (χ0) is 13.5. The molecule has 2 N–H and O–H groups in total. The summed E-state index contributed by atoms with van der Waals surface area (Å²) in [6.07, 6.45) is -2.15. The number of thioether (sulfide) groups is 1. The lowest BCUT2D eigenvalue weighted by atomic mass is 9.93. The smallest absolute Gasteiger partial charge is 0.329 e. The Hall–Kier alpha value is 0.0600. The first-order chi connectivity index (χ1) is 7.75. The monoisotopic (exact) mass is 272 g/mol. The van der Waals surface area contributed by atoms with Crippen LogP contribution in [-0.4, -0.2) is 48.8 Å². The van der Waals surface area contributed by atoms with E-state index in [2.05, 4.69) is 4.90 Å². The number of likely N-dealkylation sites (N-methyl/N-ethyl adjacent to an activating group) is 1. The SMILES string of the molecule is CSCCN(C)C(C)(CN)CCCC(F)(F)F. The van der Waals surface area contributed by atoms with Crippen LogP contribution < -0.4 is 5.73 Å². The van der Waals surface area contributed by atoms with Gasteiger partial charge in [0.2, 0.25) is 0 Å². The van der Waals surface area contributed by atoms with E-state index in [1.807, 2.05) is 20.2 Å². The van der Waals surface area contributed by atoms with Crippen LogP contribution >= 0.6 is 11.8 Å². The number of nitrogens with two attached hydrogens (primary N) is 1. The van der Waals surface area contributed by atoms with Crippen LogP contribution in [0.15, 0.2) is 0 Å². The molecule has 0 saturated carbocycles. The molecular formula is C11H23F3N2S. The second-order valence-corrected chi connectivity index (χ2v) is 5.57. The van der Waals surface area contributed by atoms with E-state index >= 15 is 0 Å². The van der Waals surface area contributed by atoms with Crippen LogP contribution in [0.1, 0.15) is 26.2 Å². The Balaban J connectivity index is 4.17. The minimum atomic E-state index is -4.06. The molecule has 0 aromatic heterocycles. The highest BCUT2D eigenvalue weighted by Gasteiger charge is 2.31. The third-order valence-electron chi connectivity index (χ3n) is 3.17. The van der Waals surface area contributed by atoms with Crippen molar-refractivity contribution < 1.29 is 13.2 Å². The fourth-order valence-electron chi connectivity index (χ4n) is 1.62. The van der Waals surface area contributed by atoms with Gasteiger partial charge in [-0.05, 0) is 33.1 Å². The molecule has 2 nitrogen and oxygen atoms in total. The first-order valence-corrected chi connectivity index (χ1v) is 7.11. The maximum atomic E-state index is 12.1. The Morgan fingerprint density at radius 2 is 1.82 bits per heavy atom. The summed E-state index contributed by atoms with van der Waals surface area (Å²) in [6, 6.07) is 0.